The molecule has 150 valence electrons. The molecule has 1 aliphatic heterocycles. The molecule has 27 heavy (non-hydrogen) atoms. The van der Waals surface area contributed by atoms with Gasteiger partial charge >= 0.3 is 5.97 Å². The van der Waals surface area contributed by atoms with E-state index in [1.165, 1.54) is 12.8 Å². The third-order valence-corrected chi connectivity index (χ3v) is 5.78. The summed E-state index contributed by atoms with van der Waals surface area (Å²) in [6.07, 6.45) is 12.7. The number of hydrogen-bond acceptors (Lipinski definition) is 4. The first-order valence-electron chi connectivity index (χ1n) is 10.3. The van der Waals surface area contributed by atoms with E-state index in [2.05, 4.69) is 31.7 Å². The summed E-state index contributed by atoms with van der Waals surface area (Å²) < 4.78 is 7.71. The van der Waals surface area contributed by atoms with Gasteiger partial charge in [0, 0.05) is 45.5 Å². The van der Waals surface area contributed by atoms with Crippen molar-refractivity contribution in [3.63, 3.8) is 0 Å². The molecule has 2 fully saturated rings. The van der Waals surface area contributed by atoms with E-state index in [-0.39, 0.29) is 12.1 Å². The average molecular weight is 376 g/mol. The summed E-state index contributed by atoms with van der Waals surface area (Å²) in [6, 6.07) is 0.404. The number of nitrogens with zero attached hydrogens (tertiary/aromatic N) is 4. The molecule has 1 saturated heterocycles. The number of likely N-dealkylation sites (tertiary alicyclic amines) is 1. The number of imidazole rings is 1. The van der Waals surface area contributed by atoms with Crippen LogP contribution in [0.5, 0.6) is 0 Å². The van der Waals surface area contributed by atoms with Crippen molar-refractivity contribution >= 4 is 11.9 Å². The second-order valence-electron chi connectivity index (χ2n) is 7.76. The van der Waals surface area contributed by atoms with E-state index in [4.69, 9.17) is 4.74 Å². The van der Waals surface area contributed by atoms with Crippen LogP contribution in [0.4, 0.5) is 0 Å². The van der Waals surface area contributed by atoms with Crippen molar-refractivity contribution in [3.8, 4) is 0 Å². The minimum Gasteiger partial charge on any atom is -0.462 e. The Kier molecular flexibility index (Phi) is 7.12. The zero-order chi connectivity index (χ0) is 19.1. The largest absolute Gasteiger partial charge is 0.462 e. The molecule has 0 radical (unpaired) electrons. The fourth-order valence-electron chi connectivity index (χ4n) is 4.11. The first-order valence-corrected chi connectivity index (χ1v) is 10.3. The number of hydrogen-bond donors (Lipinski definition) is 1. The molecular weight excluding hydrogens is 342 g/mol. The second kappa shape index (κ2) is 9.76. The number of aromatic nitrogens is 2. The Morgan fingerprint density at radius 3 is 2.85 bits per heavy atom. The van der Waals surface area contributed by atoms with Gasteiger partial charge in [0.25, 0.3) is 0 Å². The van der Waals surface area contributed by atoms with E-state index >= 15 is 0 Å². The molecule has 2 unspecified atom stereocenters. The molecule has 7 heteroatoms. The lowest BCUT2D eigenvalue weighted by Gasteiger charge is -2.39. The van der Waals surface area contributed by atoms with Crippen LogP contribution in [0.2, 0.25) is 0 Å². The van der Waals surface area contributed by atoms with Crippen molar-refractivity contribution in [2.24, 2.45) is 10.9 Å². The van der Waals surface area contributed by atoms with Crippen molar-refractivity contribution in [1.82, 2.24) is 19.8 Å². The van der Waals surface area contributed by atoms with Gasteiger partial charge in [-0.1, -0.05) is 6.92 Å². The molecule has 2 atom stereocenters. The summed E-state index contributed by atoms with van der Waals surface area (Å²) in [6.45, 7) is 4.94. The Morgan fingerprint density at radius 2 is 2.15 bits per heavy atom. The van der Waals surface area contributed by atoms with Gasteiger partial charge in [0.15, 0.2) is 5.96 Å². The highest BCUT2D eigenvalue weighted by Gasteiger charge is 2.28. The highest BCUT2D eigenvalue weighted by Crippen LogP contribution is 2.27. The van der Waals surface area contributed by atoms with Crippen molar-refractivity contribution in [2.45, 2.75) is 64.0 Å². The van der Waals surface area contributed by atoms with Gasteiger partial charge in [-0.05, 0) is 44.4 Å². The molecule has 0 aromatic carbocycles. The monoisotopic (exact) mass is 375 g/mol. The van der Waals surface area contributed by atoms with Gasteiger partial charge in [-0.3, -0.25) is 9.79 Å². The Bertz CT molecular complexity index is 610. The fraction of sp³-hybridized carbons (Fsp3) is 0.750. The lowest BCUT2D eigenvalue weighted by molar-refractivity contribution is -0.148. The van der Waals surface area contributed by atoms with Gasteiger partial charge in [-0.15, -0.1) is 0 Å². The maximum Gasteiger partial charge on any atom is 0.306 e. The van der Waals surface area contributed by atoms with Crippen LogP contribution in [-0.4, -0.2) is 59.2 Å². The Morgan fingerprint density at radius 1 is 1.33 bits per heavy atom. The van der Waals surface area contributed by atoms with Gasteiger partial charge in [0.2, 0.25) is 0 Å². The Labute approximate surface area is 162 Å². The molecule has 1 aromatic rings. The molecule has 7 nitrogen and oxygen atoms in total. The Hall–Kier alpha value is -2.05. The predicted octanol–water partition coefficient (Wildman–Crippen LogP) is 2.61. The number of esters is 1. The highest BCUT2D eigenvalue weighted by molar-refractivity contribution is 5.80. The van der Waals surface area contributed by atoms with Gasteiger partial charge in [0.05, 0.1) is 12.4 Å². The van der Waals surface area contributed by atoms with Crippen molar-refractivity contribution in [2.75, 3.05) is 26.7 Å². The van der Waals surface area contributed by atoms with E-state index < -0.39 is 0 Å². The standard InChI is InChI=1S/C20H33N5O2/c1-16-9-12-24(14-18(16)25-13-11-22-15-25)20(21-2)23-10-5-8-19(26)27-17-6-3-4-7-17/h11,13,15-18H,3-10,12,14H2,1-2H3,(H,21,23). The molecule has 1 N–H and O–H groups in total. The molecule has 2 aliphatic rings. The molecule has 1 aromatic heterocycles. The van der Waals surface area contributed by atoms with Gasteiger partial charge < -0.3 is 19.5 Å². The molecule has 0 spiro atoms. The highest BCUT2D eigenvalue weighted by atomic mass is 16.5. The fourth-order valence-corrected chi connectivity index (χ4v) is 4.11. The first-order chi connectivity index (χ1) is 13.2. The first kappa shape index (κ1) is 19.7. The Balaban J connectivity index is 1.41. The van der Waals surface area contributed by atoms with Crippen molar-refractivity contribution in [3.05, 3.63) is 18.7 Å². The number of nitrogens with one attached hydrogen (secondary N) is 1. The van der Waals surface area contributed by atoms with Crippen LogP contribution in [0.15, 0.2) is 23.7 Å². The van der Waals surface area contributed by atoms with E-state index in [1.54, 1.807) is 0 Å². The number of guanidine groups is 1. The summed E-state index contributed by atoms with van der Waals surface area (Å²) in [7, 11) is 1.82. The number of ether oxygens (including phenoxy) is 1. The minimum absolute atomic E-state index is 0.0642. The van der Waals surface area contributed by atoms with Crippen LogP contribution in [-0.2, 0) is 9.53 Å². The van der Waals surface area contributed by atoms with Crippen LogP contribution in [0.3, 0.4) is 0 Å². The van der Waals surface area contributed by atoms with Crippen LogP contribution >= 0.6 is 0 Å². The van der Waals surface area contributed by atoms with E-state index in [9.17, 15) is 4.79 Å². The topological polar surface area (TPSA) is 71.8 Å². The smallest absolute Gasteiger partial charge is 0.306 e. The maximum atomic E-state index is 11.9. The number of piperidine rings is 1. The number of aliphatic imine (C=N–C) groups is 1. The van der Waals surface area contributed by atoms with Crippen LogP contribution in [0.25, 0.3) is 0 Å². The van der Waals surface area contributed by atoms with E-state index in [0.717, 1.165) is 51.3 Å². The average Bonchev–Trinajstić information content (AvgIpc) is 3.36. The maximum absolute atomic E-state index is 11.9. The lowest BCUT2D eigenvalue weighted by atomic mass is 9.93. The zero-order valence-corrected chi connectivity index (χ0v) is 16.6. The van der Waals surface area contributed by atoms with Gasteiger partial charge in [-0.2, -0.15) is 0 Å². The molecule has 2 heterocycles. The summed E-state index contributed by atoms with van der Waals surface area (Å²) in [5.41, 5.74) is 0. The third kappa shape index (κ3) is 5.47. The SMILES string of the molecule is CN=C(NCCCC(=O)OC1CCCC1)N1CCC(C)C(n2ccnc2)C1. The van der Waals surface area contributed by atoms with Crippen LogP contribution in [0, 0.1) is 5.92 Å². The summed E-state index contributed by atoms with van der Waals surface area (Å²) in [5, 5.41) is 3.41. The minimum atomic E-state index is -0.0642. The summed E-state index contributed by atoms with van der Waals surface area (Å²) in [5.74, 6) is 1.46. The van der Waals surface area contributed by atoms with Crippen molar-refractivity contribution in [1.29, 1.82) is 0 Å². The zero-order valence-electron chi connectivity index (χ0n) is 16.6. The molecule has 0 bridgehead atoms. The molecule has 1 aliphatic carbocycles. The normalized spacial score (nSPS) is 24.2. The van der Waals surface area contributed by atoms with Gasteiger partial charge in [0.1, 0.15) is 6.10 Å². The quantitative estimate of drug-likeness (QED) is 0.358. The molecular formula is C20H33N5O2. The molecule has 1 saturated carbocycles. The summed E-state index contributed by atoms with van der Waals surface area (Å²) >= 11 is 0. The van der Waals surface area contributed by atoms with E-state index in [1.807, 2.05) is 25.8 Å². The lowest BCUT2D eigenvalue weighted by Crippen LogP contribution is -2.49. The van der Waals surface area contributed by atoms with Crippen LogP contribution in [0.1, 0.15) is 57.9 Å². The number of carbonyl (C=O) groups is 1. The second-order valence-corrected chi connectivity index (χ2v) is 7.76. The molecule has 3 rings (SSSR count). The number of carbonyl (C=O) groups excluding carboxylic acids is 1. The summed E-state index contributed by atoms with van der Waals surface area (Å²) in [4.78, 5) is 22.9. The van der Waals surface area contributed by atoms with Gasteiger partial charge in [-0.25, -0.2) is 4.98 Å². The van der Waals surface area contributed by atoms with Crippen LogP contribution < -0.4 is 5.32 Å². The molecule has 0 amide bonds. The third-order valence-electron chi connectivity index (χ3n) is 5.78. The predicted molar refractivity (Wildman–Crippen MR) is 106 cm³/mol. The number of rotatable bonds is 6. The van der Waals surface area contributed by atoms with E-state index in [0.29, 0.717) is 18.4 Å². The van der Waals surface area contributed by atoms with Crippen molar-refractivity contribution < 1.29 is 9.53 Å².